The zero-order valence-electron chi connectivity index (χ0n) is 8.89. The van der Waals surface area contributed by atoms with E-state index in [4.69, 9.17) is 4.74 Å². The molecule has 0 saturated heterocycles. The maximum Gasteiger partial charge on any atom is 0.269 e. The van der Waals surface area contributed by atoms with E-state index in [0.717, 1.165) is 0 Å². The van der Waals surface area contributed by atoms with Crippen molar-refractivity contribution in [3.05, 3.63) is 46.8 Å². The van der Waals surface area contributed by atoms with E-state index in [9.17, 15) is 10.1 Å². The number of rotatable bonds is 5. The average Bonchev–Trinajstić information content (AvgIpc) is 2.83. The van der Waals surface area contributed by atoms with Crippen molar-refractivity contribution in [1.82, 2.24) is 15.0 Å². The maximum absolute atomic E-state index is 10.4. The molecule has 0 spiro atoms. The predicted octanol–water partition coefficient (Wildman–Crippen LogP) is 1.27. The Labute approximate surface area is 96.8 Å². The van der Waals surface area contributed by atoms with Gasteiger partial charge in [0.05, 0.1) is 17.7 Å². The highest BCUT2D eigenvalue weighted by atomic mass is 16.6. The second kappa shape index (κ2) is 5.06. The topological polar surface area (TPSA) is 83.1 Å². The van der Waals surface area contributed by atoms with Crippen LogP contribution in [-0.4, -0.2) is 26.5 Å². The first-order valence-corrected chi connectivity index (χ1v) is 4.97. The van der Waals surface area contributed by atoms with E-state index in [1.165, 1.54) is 12.1 Å². The molecular formula is C10H10N4O3. The molecule has 17 heavy (non-hydrogen) atoms. The summed E-state index contributed by atoms with van der Waals surface area (Å²) in [4.78, 5) is 9.98. The van der Waals surface area contributed by atoms with Crippen molar-refractivity contribution < 1.29 is 9.66 Å². The Hall–Kier alpha value is -2.44. The van der Waals surface area contributed by atoms with Gasteiger partial charge in [0.1, 0.15) is 12.4 Å². The van der Waals surface area contributed by atoms with Crippen molar-refractivity contribution in [3.8, 4) is 5.75 Å². The highest BCUT2D eigenvalue weighted by Crippen LogP contribution is 2.17. The molecule has 7 nitrogen and oxygen atoms in total. The van der Waals surface area contributed by atoms with Gasteiger partial charge in [0.2, 0.25) is 0 Å². The molecule has 1 aromatic heterocycles. The third-order valence-corrected chi connectivity index (χ3v) is 2.11. The molecule has 0 bridgehead atoms. The Morgan fingerprint density at radius 1 is 1.35 bits per heavy atom. The Morgan fingerprint density at radius 2 is 2.12 bits per heavy atom. The summed E-state index contributed by atoms with van der Waals surface area (Å²) in [5.41, 5.74) is 0.0497. The Kier molecular flexibility index (Phi) is 3.29. The normalized spacial score (nSPS) is 10.1. The van der Waals surface area contributed by atoms with E-state index in [-0.39, 0.29) is 5.69 Å². The monoisotopic (exact) mass is 234 g/mol. The molecule has 0 N–H and O–H groups in total. The van der Waals surface area contributed by atoms with Crippen LogP contribution in [0.4, 0.5) is 5.69 Å². The zero-order valence-corrected chi connectivity index (χ0v) is 8.89. The lowest BCUT2D eigenvalue weighted by molar-refractivity contribution is -0.384. The number of benzene rings is 1. The summed E-state index contributed by atoms with van der Waals surface area (Å²) < 4.78 is 7.05. The SMILES string of the molecule is O=[N+]([O-])c1ccc(OCCn2ccnn2)cc1. The molecule has 0 amide bonds. The summed E-state index contributed by atoms with van der Waals surface area (Å²) in [6.07, 6.45) is 3.32. The van der Waals surface area contributed by atoms with Crippen LogP contribution < -0.4 is 4.74 Å². The second-order valence-electron chi connectivity index (χ2n) is 3.27. The van der Waals surface area contributed by atoms with Gasteiger partial charge in [-0.2, -0.15) is 0 Å². The van der Waals surface area contributed by atoms with Crippen LogP contribution in [-0.2, 0) is 6.54 Å². The predicted molar refractivity (Wildman–Crippen MR) is 58.6 cm³/mol. The molecule has 0 aliphatic rings. The van der Waals surface area contributed by atoms with Gasteiger partial charge < -0.3 is 4.74 Å². The van der Waals surface area contributed by atoms with Gasteiger partial charge in [-0.25, -0.2) is 4.68 Å². The molecule has 2 rings (SSSR count). The zero-order chi connectivity index (χ0) is 12.1. The van der Waals surface area contributed by atoms with Crippen molar-refractivity contribution in [2.75, 3.05) is 6.61 Å². The third-order valence-electron chi connectivity index (χ3n) is 2.11. The van der Waals surface area contributed by atoms with Crippen molar-refractivity contribution in [3.63, 3.8) is 0 Å². The number of nitro benzene ring substituents is 1. The van der Waals surface area contributed by atoms with Gasteiger partial charge in [-0.05, 0) is 12.1 Å². The summed E-state index contributed by atoms with van der Waals surface area (Å²) in [6.45, 7) is 1.01. The number of non-ortho nitro benzene ring substituents is 1. The number of nitrogens with zero attached hydrogens (tertiary/aromatic N) is 4. The molecule has 0 aliphatic carbocycles. The Bertz CT molecular complexity index is 481. The van der Waals surface area contributed by atoms with Gasteiger partial charge in [0, 0.05) is 18.3 Å². The number of aromatic nitrogens is 3. The van der Waals surface area contributed by atoms with Crippen LogP contribution >= 0.6 is 0 Å². The molecule has 0 radical (unpaired) electrons. The first-order valence-electron chi connectivity index (χ1n) is 4.97. The smallest absolute Gasteiger partial charge is 0.269 e. The van der Waals surface area contributed by atoms with Crippen LogP contribution in [0.25, 0.3) is 0 Å². The van der Waals surface area contributed by atoms with E-state index < -0.39 is 4.92 Å². The van der Waals surface area contributed by atoms with E-state index in [1.54, 1.807) is 29.2 Å². The van der Waals surface area contributed by atoms with Gasteiger partial charge in [0.25, 0.3) is 5.69 Å². The van der Waals surface area contributed by atoms with Crippen molar-refractivity contribution in [2.45, 2.75) is 6.54 Å². The Morgan fingerprint density at radius 3 is 2.71 bits per heavy atom. The molecule has 0 unspecified atom stereocenters. The molecule has 0 aliphatic heterocycles. The Balaban J connectivity index is 1.85. The highest BCUT2D eigenvalue weighted by Gasteiger charge is 2.04. The minimum atomic E-state index is -0.445. The van der Waals surface area contributed by atoms with Gasteiger partial charge >= 0.3 is 0 Å². The second-order valence-corrected chi connectivity index (χ2v) is 3.27. The lowest BCUT2D eigenvalue weighted by Gasteiger charge is -2.05. The van der Waals surface area contributed by atoms with Crippen LogP contribution in [0.3, 0.4) is 0 Å². The van der Waals surface area contributed by atoms with E-state index in [0.29, 0.717) is 18.9 Å². The van der Waals surface area contributed by atoms with E-state index in [2.05, 4.69) is 10.3 Å². The molecule has 0 fully saturated rings. The van der Waals surface area contributed by atoms with Gasteiger partial charge in [0.15, 0.2) is 0 Å². The third kappa shape index (κ3) is 3.00. The van der Waals surface area contributed by atoms with Crippen LogP contribution in [0.5, 0.6) is 5.75 Å². The van der Waals surface area contributed by atoms with Gasteiger partial charge in [-0.15, -0.1) is 5.10 Å². The minimum Gasteiger partial charge on any atom is -0.492 e. The lowest BCUT2D eigenvalue weighted by atomic mass is 10.3. The molecule has 0 atom stereocenters. The highest BCUT2D eigenvalue weighted by molar-refractivity contribution is 5.35. The first-order chi connectivity index (χ1) is 8.25. The van der Waals surface area contributed by atoms with Gasteiger partial charge in [-0.1, -0.05) is 5.21 Å². The molecule has 1 aromatic carbocycles. The van der Waals surface area contributed by atoms with Crippen LogP contribution in [0.1, 0.15) is 0 Å². The summed E-state index contributed by atoms with van der Waals surface area (Å²) >= 11 is 0. The summed E-state index contributed by atoms with van der Waals surface area (Å²) in [7, 11) is 0. The maximum atomic E-state index is 10.4. The van der Waals surface area contributed by atoms with Crippen LogP contribution in [0.2, 0.25) is 0 Å². The standard InChI is InChI=1S/C10H10N4O3/c15-14(16)9-1-3-10(4-2-9)17-8-7-13-6-5-11-12-13/h1-6H,7-8H2. The fourth-order valence-electron chi connectivity index (χ4n) is 1.27. The molecule has 0 saturated carbocycles. The number of ether oxygens (including phenoxy) is 1. The van der Waals surface area contributed by atoms with Crippen LogP contribution in [0.15, 0.2) is 36.7 Å². The number of nitro groups is 1. The fraction of sp³-hybridized carbons (Fsp3) is 0.200. The minimum absolute atomic E-state index is 0.0497. The summed E-state index contributed by atoms with van der Waals surface area (Å²) in [5, 5.41) is 17.9. The molecule has 7 heteroatoms. The molecule has 1 heterocycles. The molecule has 88 valence electrons. The van der Waals surface area contributed by atoms with Crippen LogP contribution in [0, 0.1) is 10.1 Å². The molecular weight excluding hydrogens is 224 g/mol. The average molecular weight is 234 g/mol. The summed E-state index contributed by atoms with van der Waals surface area (Å²) in [5.74, 6) is 0.593. The van der Waals surface area contributed by atoms with Crippen molar-refractivity contribution in [1.29, 1.82) is 0 Å². The van der Waals surface area contributed by atoms with Crippen molar-refractivity contribution >= 4 is 5.69 Å². The summed E-state index contributed by atoms with van der Waals surface area (Å²) in [6, 6.07) is 5.95. The van der Waals surface area contributed by atoms with E-state index in [1.807, 2.05) is 0 Å². The van der Waals surface area contributed by atoms with Gasteiger partial charge in [-0.3, -0.25) is 10.1 Å². The quantitative estimate of drug-likeness (QED) is 0.574. The first kappa shape index (κ1) is 11.1. The van der Waals surface area contributed by atoms with Crippen molar-refractivity contribution in [2.24, 2.45) is 0 Å². The molecule has 2 aromatic rings. The lowest BCUT2D eigenvalue weighted by Crippen LogP contribution is -2.08. The number of hydrogen-bond donors (Lipinski definition) is 0. The largest absolute Gasteiger partial charge is 0.492 e. The van der Waals surface area contributed by atoms with E-state index >= 15 is 0 Å². The fourth-order valence-corrected chi connectivity index (χ4v) is 1.27. The number of hydrogen-bond acceptors (Lipinski definition) is 5.